The number of para-hydroxylation sites is 2. The second-order valence-corrected chi connectivity index (χ2v) is 11.1. The number of carbonyl (C=O) groups excluding carboxylic acids is 2. The number of nitrogens with one attached hydrogen (secondary N) is 1. The zero-order valence-corrected chi connectivity index (χ0v) is 25.3. The van der Waals surface area contributed by atoms with Gasteiger partial charge >= 0.3 is 0 Å². The number of carbonyl (C=O) groups is 2. The number of benzene rings is 2. The summed E-state index contributed by atoms with van der Waals surface area (Å²) >= 11 is 0. The normalized spacial score (nSPS) is 19.7. The summed E-state index contributed by atoms with van der Waals surface area (Å²) in [5, 5.41) is 3.26. The first kappa shape index (κ1) is 30.7. The van der Waals surface area contributed by atoms with Gasteiger partial charge in [0.1, 0.15) is 12.6 Å². The van der Waals surface area contributed by atoms with Crippen molar-refractivity contribution in [2.45, 2.75) is 50.3 Å². The Hall–Kier alpha value is -3.70. The predicted octanol–water partition coefficient (Wildman–Crippen LogP) is 3.20. The molecule has 1 saturated carbocycles. The standard InChI is InChI=1S/C32H43N3O8/c1-38-26-19-22(20-27(39-2)30(26)40-3)29(31(36)33-23-9-5-4-6-10-23)35(14-13-34-15-17-41-18-16-34)32(37)28-21-42-24-11-7-8-12-25(24)43-28/h7-8,11-12,19-20,23,28-29H,4-6,9-10,13-18,21H2,1-3H3,(H,33,36)/t28-,29-/m1/s1. The molecule has 1 saturated heterocycles. The fourth-order valence-corrected chi connectivity index (χ4v) is 6.03. The van der Waals surface area contributed by atoms with Crippen LogP contribution >= 0.6 is 0 Å². The van der Waals surface area contributed by atoms with Crippen LogP contribution in [0.3, 0.4) is 0 Å². The minimum absolute atomic E-state index is 0.0378. The first-order valence-electron chi connectivity index (χ1n) is 15.1. The minimum Gasteiger partial charge on any atom is -0.493 e. The molecule has 2 fully saturated rings. The van der Waals surface area contributed by atoms with Crippen molar-refractivity contribution in [2.24, 2.45) is 0 Å². The first-order valence-corrected chi connectivity index (χ1v) is 15.1. The van der Waals surface area contributed by atoms with E-state index in [1.807, 2.05) is 18.2 Å². The number of fused-ring (bicyclic) bond motifs is 1. The maximum absolute atomic E-state index is 14.4. The smallest absolute Gasteiger partial charge is 0.268 e. The minimum atomic E-state index is -0.982. The Labute approximate surface area is 253 Å². The van der Waals surface area contributed by atoms with Crippen molar-refractivity contribution in [1.82, 2.24) is 15.1 Å². The zero-order chi connectivity index (χ0) is 30.2. The van der Waals surface area contributed by atoms with E-state index in [4.69, 9.17) is 28.4 Å². The van der Waals surface area contributed by atoms with Crippen LogP contribution in [0.15, 0.2) is 36.4 Å². The quantitative estimate of drug-likeness (QED) is 0.418. The summed E-state index contributed by atoms with van der Waals surface area (Å²) in [5.41, 5.74) is 0.551. The van der Waals surface area contributed by atoms with Gasteiger partial charge < -0.3 is 38.6 Å². The average Bonchev–Trinajstić information content (AvgIpc) is 3.06. The second kappa shape index (κ2) is 14.7. The Morgan fingerprint density at radius 3 is 2.30 bits per heavy atom. The van der Waals surface area contributed by atoms with Crippen molar-refractivity contribution < 1.29 is 38.0 Å². The molecule has 43 heavy (non-hydrogen) atoms. The molecule has 2 aliphatic heterocycles. The highest BCUT2D eigenvalue weighted by atomic mass is 16.6. The number of nitrogens with zero attached hydrogens (tertiary/aromatic N) is 2. The third-order valence-electron chi connectivity index (χ3n) is 8.34. The van der Waals surface area contributed by atoms with E-state index in [0.29, 0.717) is 60.6 Å². The lowest BCUT2D eigenvalue weighted by Crippen LogP contribution is -2.54. The van der Waals surface area contributed by atoms with Crippen LogP contribution in [-0.2, 0) is 14.3 Å². The van der Waals surface area contributed by atoms with Crippen LogP contribution in [0.5, 0.6) is 28.7 Å². The van der Waals surface area contributed by atoms with Gasteiger partial charge in [-0.2, -0.15) is 0 Å². The number of rotatable bonds is 11. The molecule has 2 aromatic carbocycles. The van der Waals surface area contributed by atoms with E-state index in [1.165, 1.54) is 21.3 Å². The molecular formula is C32H43N3O8. The van der Waals surface area contributed by atoms with Gasteiger partial charge in [0.2, 0.25) is 17.8 Å². The Morgan fingerprint density at radius 2 is 1.65 bits per heavy atom. The number of hydrogen-bond acceptors (Lipinski definition) is 9. The molecule has 2 aromatic rings. The summed E-state index contributed by atoms with van der Waals surface area (Å²) in [7, 11) is 4.60. The Bertz CT molecular complexity index is 1220. The van der Waals surface area contributed by atoms with Crippen molar-refractivity contribution >= 4 is 11.8 Å². The number of hydrogen-bond donors (Lipinski definition) is 1. The molecule has 1 aliphatic carbocycles. The van der Waals surface area contributed by atoms with Crippen LogP contribution in [0, 0.1) is 0 Å². The van der Waals surface area contributed by atoms with Crippen LogP contribution in [-0.4, -0.2) is 101 Å². The zero-order valence-electron chi connectivity index (χ0n) is 25.3. The molecule has 11 heteroatoms. The summed E-state index contributed by atoms with van der Waals surface area (Å²) in [4.78, 5) is 32.6. The molecule has 0 radical (unpaired) electrons. The van der Waals surface area contributed by atoms with Crippen molar-refractivity contribution in [2.75, 3.05) is 67.3 Å². The van der Waals surface area contributed by atoms with Crippen molar-refractivity contribution in [3.63, 3.8) is 0 Å². The van der Waals surface area contributed by atoms with Crippen LogP contribution in [0.4, 0.5) is 0 Å². The Kier molecular flexibility index (Phi) is 10.5. The van der Waals surface area contributed by atoms with Crippen LogP contribution < -0.4 is 29.0 Å². The summed E-state index contributed by atoms with van der Waals surface area (Å²) in [6.07, 6.45) is 4.18. The molecule has 2 atom stereocenters. The van der Waals surface area contributed by atoms with Crippen molar-refractivity contribution in [3.05, 3.63) is 42.0 Å². The van der Waals surface area contributed by atoms with E-state index < -0.39 is 12.1 Å². The van der Waals surface area contributed by atoms with Gasteiger partial charge in [-0.1, -0.05) is 31.4 Å². The van der Waals surface area contributed by atoms with Gasteiger partial charge in [-0.15, -0.1) is 0 Å². The van der Waals surface area contributed by atoms with E-state index in [9.17, 15) is 9.59 Å². The first-order chi connectivity index (χ1) is 21.0. The summed E-state index contributed by atoms with van der Waals surface area (Å²) in [6.45, 7) is 3.65. The van der Waals surface area contributed by atoms with Gasteiger partial charge in [-0.3, -0.25) is 14.5 Å². The number of methoxy groups -OCH3 is 3. The molecule has 0 aromatic heterocycles. The lowest BCUT2D eigenvalue weighted by atomic mass is 9.94. The molecule has 2 amide bonds. The van der Waals surface area contributed by atoms with Gasteiger partial charge in [-0.05, 0) is 42.7 Å². The largest absolute Gasteiger partial charge is 0.493 e. The maximum Gasteiger partial charge on any atom is 0.268 e. The molecule has 1 N–H and O–H groups in total. The van der Waals surface area contributed by atoms with E-state index in [0.717, 1.165) is 45.2 Å². The summed E-state index contributed by atoms with van der Waals surface area (Å²) < 4.78 is 34.4. The van der Waals surface area contributed by atoms with Gasteiger partial charge in [0.15, 0.2) is 23.0 Å². The molecule has 0 bridgehead atoms. The van der Waals surface area contributed by atoms with Crippen LogP contribution in [0.1, 0.15) is 43.7 Å². The second-order valence-electron chi connectivity index (χ2n) is 11.1. The third-order valence-corrected chi connectivity index (χ3v) is 8.34. The number of amides is 2. The molecule has 11 nitrogen and oxygen atoms in total. The van der Waals surface area contributed by atoms with Crippen molar-refractivity contribution in [3.8, 4) is 28.7 Å². The van der Waals surface area contributed by atoms with Gasteiger partial charge in [0.25, 0.3) is 5.91 Å². The van der Waals surface area contributed by atoms with E-state index in [-0.39, 0.29) is 24.5 Å². The molecular weight excluding hydrogens is 554 g/mol. The average molecular weight is 598 g/mol. The summed E-state index contributed by atoms with van der Waals surface area (Å²) in [5.74, 6) is 1.71. The highest BCUT2D eigenvalue weighted by Crippen LogP contribution is 2.41. The van der Waals surface area contributed by atoms with E-state index >= 15 is 0 Å². The fourth-order valence-electron chi connectivity index (χ4n) is 6.03. The Balaban J connectivity index is 1.53. The molecule has 234 valence electrons. The number of ether oxygens (including phenoxy) is 6. The fraction of sp³-hybridized carbons (Fsp3) is 0.562. The monoisotopic (exact) mass is 597 g/mol. The highest BCUT2D eigenvalue weighted by molar-refractivity contribution is 5.91. The topological polar surface area (TPSA) is 108 Å². The van der Waals surface area contributed by atoms with Gasteiger partial charge in [0, 0.05) is 32.2 Å². The molecule has 2 heterocycles. The Morgan fingerprint density at radius 1 is 0.977 bits per heavy atom. The maximum atomic E-state index is 14.4. The van der Waals surface area contributed by atoms with Crippen molar-refractivity contribution in [1.29, 1.82) is 0 Å². The third kappa shape index (κ3) is 7.27. The molecule has 5 rings (SSSR count). The highest BCUT2D eigenvalue weighted by Gasteiger charge is 2.39. The molecule has 0 unspecified atom stereocenters. The lowest BCUT2D eigenvalue weighted by molar-refractivity contribution is -0.149. The van der Waals surface area contributed by atoms with E-state index in [2.05, 4.69) is 10.2 Å². The van der Waals surface area contributed by atoms with Gasteiger partial charge in [0.05, 0.1) is 34.5 Å². The van der Waals surface area contributed by atoms with Crippen LogP contribution in [0.25, 0.3) is 0 Å². The lowest BCUT2D eigenvalue weighted by Gasteiger charge is -2.38. The molecule has 0 spiro atoms. The van der Waals surface area contributed by atoms with Crippen LogP contribution in [0.2, 0.25) is 0 Å². The summed E-state index contributed by atoms with van der Waals surface area (Å²) in [6, 6.07) is 9.83. The van der Waals surface area contributed by atoms with E-state index in [1.54, 1.807) is 23.1 Å². The molecule has 3 aliphatic rings. The van der Waals surface area contributed by atoms with Gasteiger partial charge in [-0.25, -0.2) is 0 Å². The number of morpholine rings is 1. The predicted molar refractivity (Wildman–Crippen MR) is 159 cm³/mol. The SMILES string of the molecule is COc1cc([C@H](C(=O)NC2CCCCC2)N(CCN2CCOCC2)C(=O)[C@H]2COc3ccccc3O2)cc(OC)c1OC.